The molecule has 0 saturated heterocycles. The summed E-state index contributed by atoms with van der Waals surface area (Å²) < 4.78 is 82.3. The van der Waals surface area contributed by atoms with Gasteiger partial charge in [-0.05, 0) is 24.1 Å². The first-order chi connectivity index (χ1) is 16.5. The first kappa shape index (κ1) is 27.8. The summed E-state index contributed by atoms with van der Waals surface area (Å²) in [6, 6.07) is 1.57. The summed E-state index contributed by atoms with van der Waals surface area (Å²) in [5.41, 5.74) is 6.12. The molecule has 2 aromatic heterocycles. The van der Waals surface area contributed by atoms with Gasteiger partial charge in [0.25, 0.3) is 0 Å². The van der Waals surface area contributed by atoms with Crippen LogP contribution in [0.4, 0.5) is 26.3 Å². The molecule has 36 heavy (non-hydrogen) atoms. The summed E-state index contributed by atoms with van der Waals surface area (Å²) in [4.78, 5) is 21.8. The number of carbonyl (C=O) groups is 1. The molecule has 0 aliphatic carbocycles. The zero-order valence-corrected chi connectivity index (χ0v) is 19.9. The van der Waals surface area contributed by atoms with E-state index >= 15 is 0 Å². The van der Waals surface area contributed by atoms with E-state index in [1.54, 1.807) is 0 Å². The predicted octanol–water partition coefficient (Wildman–Crippen LogP) is 4.76. The maximum atomic E-state index is 13.9. The summed E-state index contributed by atoms with van der Waals surface area (Å²) >= 11 is 6.13. The highest BCUT2D eigenvalue weighted by Gasteiger charge is 2.41. The number of hydrogen-bond donors (Lipinski definition) is 1. The highest BCUT2D eigenvalue weighted by atomic mass is 35.5. The number of alkyl halides is 3. The van der Waals surface area contributed by atoms with Crippen LogP contribution in [0.3, 0.4) is 0 Å². The second-order valence-electron chi connectivity index (χ2n) is 8.08. The summed E-state index contributed by atoms with van der Waals surface area (Å²) in [6.45, 7) is -0.401. The molecule has 0 fully saturated rings. The number of nitrogens with zero attached hydrogens (tertiary/aromatic N) is 4. The summed E-state index contributed by atoms with van der Waals surface area (Å²) in [6.07, 6.45) is -2.61. The molecule has 0 unspecified atom stereocenters. The largest absolute Gasteiger partial charge is 0.449 e. The minimum atomic E-state index is -4.73. The van der Waals surface area contributed by atoms with Crippen molar-refractivity contribution in [1.82, 2.24) is 19.4 Å². The van der Waals surface area contributed by atoms with Crippen LogP contribution in [-0.4, -0.2) is 37.9 Å². The Balaban J connectivity index is 0.00000361. The van der Waals surface area contributed by atoms with Gasteiger partial charge in [-0.25, -0.2) is 18.2 Å². The fraction of sp³-hybridized carbons (Fsp3) is 0.318. The number of benzene rings is 1. The topological polar surface area (TPSA) is 77.0 Å². The molecule has 194 valence electrons. The number of amides is 1. The number of rotatable bonds is 5. The molecule has 6 nitrogen and oxygen atoms in total. The lowest BCUT2D eigenvalue weighted by molar-refractivity contribution is -0.148. The first-order valence-corrected chi connectivity index (χ1v) is 10.8. The molecule has 3 heterocycles. The van der Waals surface area contributed by atoms with Crippen molar-refractivity contribution in [1.29, 1.82) is 0 Å². The lowest BCUT2D eigenvalue weighted by atomic mass is 10.0. The Morgan fingerprint density at radius 2 is 1.83 bits per heavy atom. The van der Waals surface area contributed by atoms with Crippen LogP contribution in [-0.2, 0) is 30.5 Å². The Labute approximate surface area is 212 Å². The zero-order valence-electron chi connectivity index (χ0n) is 18.3. The molecule has 2 N–H and O–H groups in total. The van der Waals surface area contributed by atoms with Gasteiger partial charge < -0.3 is 15.2 Å². The number of pyridine rings is 1. The Morgan fingerprint density at radius 3 is 2.50 bits per heavy atom. The van der Waals surface area contributed by atoms with Crippen molar-refractivity contribution < 1.29 is 31.1 Å². The molecule has 4 rings (SSSR count). The standard InChI is InChI=1S/C22H18ClF6N5O.ClH/c23-14-9-31-2-1-13(14)20-18-10-33(3-4-34(18)21(32-20)22(27,28)29)19(35)7-12(30)5-11-6-16(25)17(26)8-15(11)24;/h1-2,6,8-9,12H,3-5,7,10,30H2;1H/t12-;/m1./s1. The lowest BCUT2D eigenvalue weighted by Gasteiger charge is -2.30. The van der Waals surface area contributed by atoms with Crippen molar-refractivity contribution in [2.75, 3.05) is 6.54 Å². The molecule has 0 bridgehead atoms. The molecular weight excluding hydrogens is 535 g/mol. The normalized spacial score (nSPS) is 14.3. The molecule has 0 saturated carbocycles. The van der Waals surface area contributed by atoms with Crippen molar-refractivity contribution >= 4 is 29.9 Å². The van der Waals surface area contributed by atoms with E-state index in [1.807, 2.05) is 0 Å². The van der Waals surface area contributed by atoms with E-state index in [1.165, 1.54) is 23.4 Å². The van der Waals surface area contributed by atoms with Crippen LogP contribution < -0.4 is 5.73 Å². The Kier molecular flexibility index (Phi) is 8.21. The molecule has 1 amide bonds. The third-order valence-electron chi connectivity index (χ3n) is 5.65. The maximum absolute atomic E-state index is 13.9. The second-order valence-corrected chi connectivity index (χ2v) is 8.48. The van der Waals surface area contributed by atoms with Crippen molar-refractivity contribution in [2.45, 2.75) is 38.1 Å². The molecular formula is C22H19Cl2F6N5O. The minimum Gasteiger partial charge on any atom is -0.335 e. The molecule has 0 radical (unpaired) electrons. The monoisotopic (exact) mass is 553 g/mol. The molecule has 1 atom stereocenters. The summed E-state index contributed by atoms with van der Waals surface area (Å²) in [5, 5.41) is 0.0983. The number of aromatic nitrogens is 3. The van der Waals surface area contributed by atoms with Crippen LogP contribution in [0.25, 0.3) is 11.3 Å². The molecule has 1 aromatic carbocycles. The number of nitrogens with two attached hydrogens (primary N) is 1. The number of imidazole rings is 1. The van der Waals surface area contributed by atoms with Gasteiger partial charge in [-0.3, -0.25) is 9.78 Å². The van der Waals surface area contributed by atoms with Crippen LogP contribution in [0, 0.1) is 17.5 Å². The fourth-order valence-electron chi connectivity index (χ4n) is 4.01. The smallest absolute Gasteiger partial charge is 0.335 e. The van der Waals surface area contributed by atoms with Crippen LogP contribution in [0.5, 0.6) is 0 Å². The van der Waals surface area contributed by atoms with E-state index in [4.69, 9.17) is 17.3 Å². The van der Waals surface area contributed by atoms with E-state index in [0.717, 1.165) is 4.57 Å². The van der Waals surface area contributed by atoms with Crippen LogP contribution in [0.2, 0.25) is 5.02 Å². The van der Waals surface area contributed by atoms with Gasteiger partial charge in [-0.2, -0.15) is 13.2 Å². The summed E-state index contributed by atoms with van der Waals surface area (Å²) in [5.74, 6) is -5.18. The predicted molar refractivity (Wildman–Crippen MR) is 121 cm³/mol. The molecule has 3 aromatic rings. The van der Waals surface area contributed by atoms with E-state index in [0.29, 0.717) is 12.1 Å². The average Bonchev–Trinajstić information content (AvgIpc) is 3.17. The first-order valence-electron chi connectivity index (χ1n) is 10.4. The van der Waals surface area contributed by atoms with Crippen molar-refractivity contribution in [3.05, 3.63) is 70.1 Å². The van der Waals surface area contributed by atoms with Crippen molar-refractivity contribution in [3.63, 3.8) is 0 Å². The van der Waals surface area contributed by atoms with E-state index in [2.05, 4.69) is 9.97 Å². The third kappa shape index (κ3) is 5.60. The highest BCUT2D eigenvalue weighted by molar-refractivity contribution is 6.33. The van der Waals surface area contributed by atoms with Crippen LogP contribution in [0.1, 0.15) is 23.5 Å². The van der Waals surface area contributed by atoms with Crippen LogP contribution >= 0.6 is 24.0 Å². The number of fused-ring (bicyclic) bond motifs is 1. The second kappa shape index (κ2) is 10.7. The van der Waals surface area contributed by atoms with E-state index < -0.39 is 41.4 Å². The number of carbonyl (C=O) groups excluding carboxylic acids is 1. The van der Waals surface area contributed by atoms with E-state index in [9.17, 15) is 31.1 Å². The van der Waals surface area contributed by atoms with Gasteiger partial charge in [-0.15, -0.1) is 12.4 Å². The maximum Gasteiger partial charge on any atom is 0.449 e. The highest BCUT2D eigenvalue weighted by Crippen LogP contribution is 2.37. The lowest BCUT2D eigenvalue weighted by Crippen LogP contribution is -2.42. The number of hydrogen-bond acceptors (Lipinski definition) is 4. The van der Waals surface area contributed by atoms with E-state index in [-0.39, 0.29) is 72.4 Å². The molecule has 14 heteroatoms. The number of halogens is 8. The van der Waals surface area contributed by atoms with Gasteiger partial charge in [0.05, 0.1) is 23.0 Å². The molecule has 1 aliphatic heterocycles. The zero-order chi connectivity index (χ0) is 25.5. The van der Waals surface area contributed by atoms with Gasteiger partial charge in [0.15, 0.2) is 11.6 Å². The average molecular weight is 554 g/mol. The quantitative estimate of drug-likeness (QED) is 0.365. The molecule has 0 spiro atoms. The van der Waals surface area contributed by atoms with Gasteiger partial charge in [-0.1, -0.05) is 11.6 Å². The Bertz CT molecular complexity index is 1280. The Morgan fingerprint density at radius 1 is 1.14 bits per heavy atom. The minimum absolute atomic E-state index is 0. The molecule has 1 aliphatic rings. The summed E-state index contributed by atoms with van der Waals surface area (Å²) in [7, 11) is 0. The van der Waals surface area contributed by atoms with Gasteiger partial charge in [0.1, 0.15) is 5.82 Å². The van der Waals surface area contributed by atoms with Gasteiger partial charge in [0.2, 0.25) is 11.7 Å². The van der Waals surface area contributed by atoms with Crippen molar-refractivity contribution in [3.8, 4) is 11.3 Å². The Hall–Kier alpha value is -2.83. The van der Waals surface area contributed by atoms with Gasteiger partial charge in [0, 0.05) is 49.6 Å². The fourth-order valence-corrected chi connectivity index (χ4v) is 4.22. The van der Waals surface area contributed by atoms with Crippen molar-refractivity contribution in [2.24, 2.45) is 5.73 Å². The van der Waals surface area contributed by atoms with Gasteiger partial charge >= 0.3 is 6.18 Å². The van der Waals surface area contributed by atoms with Crippen LogP contribution in [0.15, 0.2) is 30.6 Å². The SMILES string of the molecule is Cl.N[C@@H](CC(=O)N1CCn2c(C(F)(F)F)nc(-c3ccncc3Cl)c2C1)Cc1cc(F)c(F)cc1F. The third-order valence-corrected chi connectivity index (χ3v) is 5.95.